The van der Waals surface area contributed by atoms with Crippen LogP contribution in [0.1, 0.15) is 54.6 Å². The van der Waals surface area contributed by atoms with Gasteiger partial charge in [-0.15, -0.1) is 13.2 Å². The van der Waals surface area contributed by atoms with Crippen LogP contribution >= 0.6 is 0 Å². The van der Waals surface area contributed by atoms with E-state index in [1.165, 1.54) is 0 Å². The van der Waals surface area contributed by atoms with Crippen molar-refractivity contribution in [3.8, 4) is 11.5 Å². The van der Waals surface area contributed by atoms with Gasteiger partial charge in [-0.05, 0) is 64.2 Å². The third-order valence-electron chi connectivity index (χ3n) is 8.57. The number of allylic oxidation sites excluding steroid dienone is 1. The average molecular weight is 581 g/mol. The first-order valence-electron chi connectivity index (χ1n) is 13.5. The molecule has 4 aliphatic rings. The number of nitrogens with zero attached hydrogens (tertiary/aromatic N) is 1. The van der Waals surface area contributed by atoms with Crippen molar-refractivity contribution < 1.29 is 52.7 Å². The summed E-state index contributed by atoms with van der Waals surface area (Å²) in [6.07, 6.45) is -3.89. The van der Waals surface area contributed by atoms with Gasteiger partial charge in [0.15, 0.2) is 17.2 Å². The molecule has 0 radical (unpaired) electrons. The smallest absolute Gasteiger partial charge is 0.510 e. The first-order chi connectivity index (χ1) is 19.2. The molecule has 0 spiro atoms. The van der Waals surface area contributed by atoms with Gasteiger partial charge in [0.1, 0.15) is 28.6 Å². The summed E-state index contributed by atoms with van der Waals surface area (Å²) in [5.41, 5.74) is -4.60. The lowest BCUT2D eigenvalue weighted by molar-refractivity contribution is -0.275. The van der Waals surface area contributed by atoms with Gasteiger partial charge >= 0.3 is 6.36 Å². The van der Waals surface area contributed by atoms with Crippen LogP contribution in [0.25, 0.3) is 0 Å². The molecule has 4 atom stereocenters. The second kappa shape index (κ2) is 10.1. The van der Waals surface area contributed by atoms with Crippen molar-refractivity contribution in [3.05, 3.63) is 45.4 Å². The third kappa shape index (κ3) is 4.59. The molecule has 5 rings (SSSR count). The molecule has 0 aromatic heterocycles. The molecule has 41 heavy (non-hydrogen) atoms. The van der Waals surface area contributed by atoms with E-state index in [9.17, 15) is 48.0 Å². The normalized spacial score (nSPS) is 28.5. The zero-order valence-electron chi connectivity index (χ0n) is 22.5. The number of fused-ring (bicyclic) bond motifs is 3. The van der Waals surface area contributed by atoms with Crippen LogP contribution < -0.4 is 10.1 Å². The minimum atomic E-state index is -5.11. The summed E-state index contributed by atoms with van der Waals surface area (Å²) < 4.78 is 45.3. The fourth-order valence-corrected chi connectivity index (χ4v) is 6.89. The molecule has 0 unspecified atom stereocenters. The van der Waals surface area contributed by atoms with E-state index in [0.29, 0.717) is 13.1 Å². The monoisotopic (exact) mass is 580 g/mol. The molecule has 1 saturated heterocycles. The predicted molar refractivity (Wildman–Crippen MR) is 136 cm³/mol. The number of benzene rings is 1. The second-order valence-corrected chi connectivity index (χ2v) is 11.1. The zero-order chi connectivity index (χ0) is 30.0. The molecule has 1 aromatic carbocycles. The van der Waals surface area contributed by atoms with Gasteiger partial charge in [-0.3, -0.25) is 19.3 Å². The van der Waals surface area contributed by atoms with E-state index in [1.807, 2.05) is 4.90 Å². The minimum Gasteiger partial charge on any atom is -0.510 e. The molecule has 10 nitrogen and oxygen atoms in total. The van der Waals surface area contributed by atoms with Gasteiger partial charge in [-0.25, -0.2) is 0 Å². The van der Waals surface area contributed by atoms with Crippen molar-refractivity contribution in [1.82, 2.24) is 10.2 Å². The summed E-state index contributed by atoms with van der Waals surface area (Å²) in [4.78, 5) is 41.3. The number of phenols is 1. The first kappa shape index (κ1) is 29.1. The molecule has 222 valence electrons. The summed E-state index contributed by atoms with van der Waals surface area (Å²) in [6.45, 7) is 4.24. The van der Waals surface area contributed by atoms with E-state index in [2.05, 4.69) is 10.1 Å². The summed E-state index contributed by atoms with van der Waals surface area (Å²) in [5.74, 6) is -8.37. The number of ether oxygens (including phenoxy) is 1. The Labute approximate surface area is 233 Å². The highest BCUT2D eigenvalue weighted by atomic mass is 19.4. The maximum absolute atomic E-state index is 13.8. The van der Waals surface area contributed by atoms with Gasteiger partial charge < -0.3 is 30.5 Å². The number of carbonyl (C=O) groups excluding carboxylic acids is 3. The van der Waals surface area contributed by atoms with Crippen LogP contribution in [0.3, 0.4) is 0 Å². The molecule has 1 fully saturated rings. The number of aliphatic hydroxyl groups is 3. The predicted octanol–water partition coefficient (Wildman–Crippen LogP) is 2.77. The van der Waals surface area contributed by atoms with Gasteiger partial charge in [-0.1, -0.05) is 6.92 Å². The molecular formula is C28H31F3N2O8. The molecule has 1 aliphatic heterocycles. The van der Waals surface area contributed by atoms with Gasteiger partial charge in [0.2, 0.25) is 5.78 Å². The maximum Gasteiger partial charge on any atom is 0.573 e. The van der Waals surface area contributed by atoms with Crippen LogP contribution in [0.4, 0.5) is 13.2 Å². The van der Waals surface area contributed by atoms with Crippen LogP contribution in [-0.2, 0) is 22.6 Å². The lowest BCUT2D eigenvalue weighted by Crippen LogP contribution is -2.63. The van der Waals surface area contributed by atoms with Crippen LogP contribution in [-0.4, -0.2) is 80.3 Å². The summed E-state index contributed by atoms with van der Waals surface area (Å²) >= 11 is 0. The largest absolute Gasteiger partial charge is 0.573 e. The van der Waals surface area contributed by atoms with Gasteiger partial charge in [0.25, 0.3) is 0 Å². The van der Waals surface area contributed by atoms with Crippen LogP contribution in [0.2, 0.25) is 0 Å². The highest BCUT2D eigenvalue weighted by Gasteiger charge is 2.62. The first-order valence-corrected chi connectivity index (χ1v) is 13.5. The molecule has 1 aromatic rings. The molecule has 3 aliphatic carbocycles. The number of ketones is 3. The molecule has 5 N–H and O–H groups in total. The van der Waals surface area contributed by atoms with E-state index >= 15 is 0 Å². The van der Waals surface area contributed by atoms with Gasteiger partial charge in [0, 0.05) is 29.2 Å². The Kier molecular flexibility index (Phi) is 7.19. The number of phenolic OH excluding ortho intramolecular Hbond substituents is 1. The average Bonchev–Trinajstić information content (AvgIpc) is 3.38. The fourth-order valence-electron chi connectivity index (χ4n) is 6.89. The number of halogens is 3. The van der Waals surface area contributed by atoms with Crippen molar-refractivity contribution in [1.29, 1.82) is 0 Å². The Morgan fingerprint density at radius 1 is 1.20 bits per heavy atom. The summed E-state index contributed by atoms with van der Waals surface area (Å²) in [7, 11) is 0. The van der Waals surface area contributed by atoms with Crippen molar-refractivity contribution in [2.24, 2.45) is 11.8 Å². The number of aromatic hydroxyl groups is 1. The number of rotatable bonds is 6. The molecule has 13 heteroatoms. The van der Waals surface area contributed by atoms with E-state index in [1.54, 1.807) is 6.92 Å². The summed E-state index contributed by atoms with van der Waals surface area (Å²) in [6, 6.07) is -0.140. The number of likely N-dealkylation sites (tertiary alicyclic amines) is 1. The lowest BCUT2D eigenvalue weighted by Gasteiger charge is -2.49. The molecule has 1 heterocycles. The highest BCUT2D eigenvalue weighted by molar-refractivity contribution is 6.25. The highest BCUT2D eigenvalue weighted by Crippen LogP contribution is 2.53. The van der Waals surface area contributed by atoms with E-state index in [-0.39, 0.29) is 37.1 Å². The minimum absolute atomic E-state index is 0.0438. The number of hydrogen-bond acceptors (Lipinski definition) is 10. The standard InChI is InChI=1S/C28H31F3N2O8/c1-3-32-21-16-9-13-8-15-20(17(35)10-14(11-33-6-4-5-7-33)24(15)41-28(29,30)31)22(36)19(13)26(39)27(16,40)25(38)18(12(2)34)23(21)37/h10,13,16,21,32,35,37,39-40H,3-9,11H2,1-2H3/t13-,16-,21-,27+/m0/s1. The van der Waals surface area contributed by atoms with Crippen molar-refractivity contribution >= 4 is 17.3 Å². The van der Waals surface area contributed by atoms with E-state index < -0.39 is 86.9 Å². The van der Waals surface area contributed by atoms with Crippen LogP contribution in [0.5, 0.6) is 11.5 Å². The number of carbonyl (C=O) groups is 3. The quantitative estimate of drug-likeness (QED) is 0.317. The number of alkyl halides is 3. The Morgan fingerprint density at radius 2 is 1.85 bits per heavy atom. The van der Waals surface area contributed by atoms with E-state index in [0.717, 1.165) is 25.8 Å². The second-order valence-electron chi connectivity index (χ2n) is 11.1. The van der Waals surface area contributed by atoms with Gasteiger partial charge in [0.05, 0.1) is 11.6 Å². The van der Waals surface area contributed by atoms with Crippen molar-refractivity contribution in [2.45, 2.75) is 64.1 Å². The Bertz CT molecular complexity index is 1400. The van der Waals surface area contributed by atoms with Crippen molar-refractivity contribution in [2.75, 3.05) is 19.6 Å². The fraction of sp³-hybridized carbons (Fsp3) is 0.536. The topological polar surface area (TPSA) is 157 Å². The molecule has 0 amide bonds. The SMILES string of the molecule is CCN[C@@H]1C(O)=C(C(C)=O)C(=O)[C@@]2(O)C(O)=C3C(=O)c4c(O)cc(CN5CCCC5)c(OC(F)(F)F)c4C[C@H]3C[C@@H]12. The van der Waals surface area contributed by atoms with E-state index in [4.69, 9.17) is 0 Å². The summed E-state index contributed by atoms with van der Waals surface area (Å²) in [5, 5.41) is 47.6. The Morgan fingerprint density at radius 3 is 2.44 bits per heavy atom. The number of likely N-dealkylation sites (N-methyl/N-ethyl adjacent to an activating group) is 1. The number of Topliss-reactive ketones (excluding diaryl/α,β-unsaturated/α-hetero) is 3. The zero-order valence-corrected chi connectivity index (χ0v) is 22.5. The number of hydrogen-bond donors (Lipinski definition) is 5. The number of aliphatic hydroxyl groups excluding tert-OH is 2. The van der Waals surface area contributed by atoms with Crippen LogP contribution in [0, 0.1) is 11.8 Å². The van der Waals surface area contributed by atoms with Gasteiger partial charge in [-0.2, -0.15) is 0 Å². The third-order valence-corrected chi connectivity index (χ3v) is 8.57. The Hall–Kier alpha value is -3.42. The maximum atomic E-state index is 13.8. The molecular weight excluding hydrogens is 549 g/mol. The van der Waals surface area contributed by atoms with Crippen LogP contribution in [0.15, 0.2) is 28.7 Å². The lowest BCUT2D eigenvalue weighted by atomic mass is 9.58. The Balaban J connectivity index is 1.68. The molecule has 0 bridgehead atoms. The van der Waals surface area contributed by atoms with Crippen molar-refractivity contribution in [3.63, 3.8) is 0 Å². The number of nitrogens with one attached hydrogen (secondary N) is 1. The molecule has 0 saturated carbocycles.